The average Bonchev–Trinajstić information content (AvgIpc) is 3.52. The molecule has 1 aliphatic rings. The van der Waals surface area contributed by atoms with Crippen molar-refractivity contribution in [1.82, 2.24) is 34.3 Å². The maximum Gasteiger partial charge on any atom is 0.281 e. The van der Waals surface area contributed by atoms with Crippen LogP contribution in [0.15, 0.2) is 63.7 Å². The normalized spacial score (nSPS) is 15.8. The fourth-order valence-electron chi connectivity index (χ4n) is 4.46. The minimum absolute atomic E-state index is 0.0698. The summed E-state index contributed by atoms with van der Waals surface area (Å²) >= 11 is 1.48. The number of hydrogen-bond donors (Lipinski definition) is 1. The molecule has 4 heterocycles. The van der Waals surface area contributed by atoms with Crippen LogP contribution in [0.2, 0.25) is 0 Å². The topological polar surface area (TPSA) is 127 Å². The van der Waals surface area contributed by atoms with Crippen LogP contribution in [0.3, 0.4) is 0 Å². The molecule has 12 heteroatoms. The van der Waals surface area contributed by atoms with Gasteiger partial charge < -0.3 is 4.98 Å². The van der Waals surface area contributed by atoms with E-state index in [0.29, 0.717) is 49.5 Å². The Morgan fingerprint density at radius 2 is 1.89 bits per heavy atom. The lowest BCUT2D eigenvalue weighted by atomic mass is 9.97. The van der Waals surface area contributed by atoms with Gasteiger partial charge in [0.05, 0.1) is 27.2 Å². The van der Waals surface area contributed by atoms with E-state index in [1.165, 1.54) is 15.6 Å². The third-order valence-electron chi connectivity index (χ3n) is 6.35. The lowest BCUT2D eigenvalue weighted by Crippen LogP contribution is -2.38. The fraction of sp³-hybridized carbons (Fsp3) is 0.261. The van der Waals surface area contributed by atoms with Crippen LogP contribution >= 0.6 is 11.3 Å². The molecule has 1 fully saturated rings. The fourth-order valence-corrected chi connectivity index (χ4v) is 6.61. The van der Waals surface area contributed by atoms with E-state index in [0.717, 1.165) is 10.3 Å². The number of rotatable bonds is 5. The van der Waals surface area contributed by atoms with Gasteiger partial charge in [0.15, 0.2) is 11.2 Å². The van der Waals surface area contributed by atoms with Gasteiger partial charge in [0.1, 0.15) is 5.82 Å². The van der Waals surface area contributed by atoms with Crippen molar-refractivity contribution in [2.45, 2.75) is 30.2 Å². The minimum Gasteiger partial charge on any atom is -0.308 e. The van der Waals surface area contributed by atoms with Crippen LogP contribution in [-0.4, -0.2) is 55.8 Å². The Balaban J connectivity index is 1.23. The first-order valence-electron chi connectivity index (χ1n) is 11.2. The Morgan fingerprint density at radius 1 is 1.09 bits per heavy atom. The number of nitrogens with zero attached hydrogens (tertiary/aromatic N) is 6. The number of thiazole rings is 1. The van der Waals surface area contributed by atoms with Crippen LogP contribution < -0.4 is 5.56 Å². The van der Waals surface area contributed by atoms with Gasteiger partial charge in [0, 0.05) is 19.0 Å². The van der Waals surface area contributed by atoms with Gasteiger partial charge in [-0.05, 0) is 36.6 Å². The Hall–Kier alpha value is -3.48. The number of aromatic nitrogens is 6. The molecule has 3 aromatic heterocycles. The van der Waals surface area contributed by atoms with Gasteiger partial charge in [-0.15, -0.1) is 16.4 Å². The third kappa shape index (κ3) is 4.03. The standard InChI is InChI=1S/C23H21N7O3S2/c31-23-20-22(30(28-27-20)13-15-4-2-1-3-5-15)25-21(26-23)16-8-10-29(11-9-16)35(32,33)17-6-7-19-18(12-17)24-14-34-19/h1-7,12,14,16H,8-11,13H2,(H,25,26,31). The molecule has 6 rings (SSSR count). The van der Waals surface area contributed by atoms with Crippen LogP contribution in [-0.2, 0) is 16.6 Å². The van der Waals surface area contributed by atoms with Crippen LogP contribution in [0.4, 0.5) is 0 Å². The predicted octanol–water partition coefficient (Wildman–Crippen LogP) is 2.74. The van der Waals surface area contributed by atoms with Gasteiger partial charge in [-0.25, -0.2) is 23.1 Å². The van der Waals surface area contributed by atoms with Crippen molar-refractivity contribution >= 4 is 42.7 Å². The van der Waals surface area contributed by atoms with E-state index < -0.39 is 10.0 Å². The van der Waals surface area contributed by atoms with Crippen molar-refractivity contribution in [3.8, 4) is 0 Å². The van der Waals surface area contributed by atoms with Gasteiger partial charge in [-0.3, -0.25) is 4.79 Å². The zero-order valence-corrected chi connectivity index (χ0v) is 20.2. The summed E-state index contributed by atoms with van der Waals surface area (Å²) in [5.74, 6) is 0.472. The molecule has 5 aromatic rings. The second-order valence-corrected chi connectivity index (χ2v) is 11.3. The number of fused-ring (bicyclic) bond motifs is 2. The van der Waals surface area contributed by atoms with Gasteiger partial charge >= 0.3 is 0 Å². The zero-order chi connectivity index (χ0) is 24.0. The molecule has 0 amide bonds. The Kier molecular flexibility index (Phi) is 5.43. The van der Waals surface area contributed by atoms with Crippen molar-refractivity contribution in [2.24, 2.45) is 0 Å². The molecular weight excluding hydrogens is 486 g/mol. The summed E-state index contributed by atoms with van der Waals surface area (Å²) in [5.41, 5.74) is 3.70. The Morgan fingerprint density at radius 3 is 2.69 bits per heavy atom. The first kappa shape index (κ1) is 22.0. The molecule has 0 saturated carbocycles. The zero-order valence-electron chi connectivity index (χ0n) is 18.5. The molecule has 0 aliphatic carbocycles. The summed E-state index contributed by atoms with van der Waals surface area (Å²) in [6, 6.07) is 14.8. The lowest BCUT2D eigenvalue weighted by molar-refractivity contribution is 0.313. The average molecular weight is 508 g/mol. The van der Waals surface area contributed by atoms with Crippen molar-refractivity contribution < 1.29 is 8.42 Å². The molecule has 35 heavy (non-hydrogen) atoms. The van der Waals surface area contributed by atoms with E-state index in [1.807, 2.05) is 30.3 Å². The summed E-state index contributed by atoms with van der Waals surface area (Å²) in [5, 5.41) is 8.14. The molecule has 0 bridgehead atoms. The van der Waals surface area contributed by atoms with E-state index >= 15 is 0 Å². The van der Waals surface area contributed by atoms with Gasteiger partial charge in [-0.1, -0.05) is 35.5 Å². The second kappa shape index (κ2) is 8.63. The summed E-state index contributed by atoms with van der Waals surface area (Å²) in [4.78, 5) is 24.7. The molecule has 178 valence electrons. The number of nitrogens with one attached hydrogen (secondary N) is 1. The van der Waals surface area contributed by atoms with Gasteiger partial charge in [0.2, 0.25) is 10.0 Å². The highest BCUT2D eigenvalue weighted by Crippen LogP contribution is 2.30. The molecule has 1 aliphatic heterocycles. The molecule has 0 radical (unpaired) electrons. The molecule has 0 atom stereocenters. The minimum atomic E-state index is -3.63. The number of piperidine rings is 1. The van der Waals surface area contributed by atoms with Crippen LogP contribution in [0.1, 0.15) is 30.1 Å². The maximum atomic E-state index is 13.2. The molecule has 10 nitrogen and oxygen atoms in total. The quantitative estimate of drug-likeness (QED) is 0.387. The number of hydrogen-bond acceptors (Lipinski definition) is 8. The number of aromatic amines is 1. The molecular formula is C23H21N7O3S2. The van der Waals surface area contributed by atoms with E-state index in [4.69, 9.17) is 4.98 Å². The van der Waals surface area contributed by atoms with E-state index in [9.17, 15) is 13.2 Å². The van der Waals surface area contributed by atoms with Crippen molar-refractivity contribution in [3.05, 3.63) is 75.8 Å². The highest BCUT2D eigenvalue weighted by atomic mass is 32.2. The van der Waals surface area contributed by atoms with Crippen molar-refractivity contribution in [2.75, 3.05) is 13.1 Å². The van der Waals surface area contributed by atoms with Crippen LogP contribution in [0, 0.1) is 0 Å². The van der Waals surface area contributed by atoms with Crippen molar-refractivity contribution in [1.29, 1.82) is 0 Å². The van der Waals surface area contributed by atoms with E-state index in [-0.39, 0.29) is 21.9 Å². The first-order chi connectivity index (χ1) is 17.0. The molecule has 0 unspecified atom stereocenters. The lowest BCUT2D eigenvalue weighted by Gasteiger charge is -2.30. The highest BCUT2D eigenvalue weighted by molar-refractivity contribution is 7.89. The highest BCUT2D eigenvalue weighted by Gasteiger charge is 2.31. The predicted molar refractivity (Wildman–Crippen MR) is 132 cm³/mol. The third-order valence-corrected chi connectivity index (χ3v) is 9.05. The maximum absolute atomic E-state index is 13.2. The second-order valence-electron chi connectivity index (χ2n) is 8.52. The molecule has 0 spiro atoms. The molecule has 1 saturated heterocycles. The largest absolute Gasteiger partial charge is 0.308 e. The molecule has 2 aromatic carbocycles. The monoisotopic (exact) mass is 507 g/mol. The smallest absolute Gasteiger partial charge is 0.281 e. The first-order valence-corrected chi connectivity index (χ1v) is 13.5. The number of H-pyrrole nitrogens is 1. The van der Waals surface area contributed by atoms with E-state index in [1.54, 1.807) is 28.4 Å². The summed E-state index contributed by atoms with van der Waals surface area (Å²) < 4.78 is 30.5. The SMILES string of the molecule is O=c1[nH]c(C2CCN(S(=O)(=O)c3ccc4scnc4c3)CC2)nc2c1nnn2Cc1ccccc1. The van der Waals surface area contributed by atoms with Crippen molar-refractivity contribution in [3.63, 3.8) is 0 Å². The number of benzene rings is 2. The Bertz CT molecular complexity index is 1680. The van der Waals surface area contributed by atoms with Crippen LogP contribution in [0.25, 0.3) is 21.4 Å². The van der Waals surface area contributed by atoms with Crippen LogP contribution in [0.5, 0.6) is 0 Å². The summed E-state index contributed by atoms with van der Waals surface area (Å²) in [7, 11) is -3.63. The number of sulfonamides is 1. The Labute approximate surface area is 204 Å². The summed E-state index contributed by atoms with van der Waals surface area (Å²) in [6.07, 6.45) is 1.10. The van der Waals surface area contributed by atoms with E-state index in [2.05, 4.69) is 20.3 Å². The van der Waals surface area contributed by atoms with Gasteiger partial charge in [0.25, 0.3) is 5.56 Å². The summed E-state index contributed by atoms with van der Waals surface area (Å²) in [6.45, 7) is 1.13. The molecule has 1 N–H and O–H groups in total. The van der Waals surface area contributed by atoms with Gasteiger partial charge in [-0.2, -0.15) is 4.31 Å².